The van der Waals surface area contributed by atoms with E-state index < -0.39 is 0 Å². The summed E-state index contributed by atoms with van der Waals surface area (Å²) in [6.07, 6.45) is 2.98. The van der Waals surface area contributed by atoms with Crippen molar-refractivity contribution in [2.24, 2.45) is 5.92 Å². The summed E-state index contributed by atoms with van der Waals surface area (Å²) >= 11 is 0. The third-order valence-corrected chi connectivity index (χ3v) is 3.89. The molecular formula is C19H32N2O3. The number of anilines is 1. The standard InChI is InChI=1S/C19H32N2O3/c1-6-7-10-23-18-12-15(8-9-17(18)20)19(22)24-13-16(21(4)5)11-14(2)3/h8-9,12,14,16H,6-7,10-11,13,20H2,1-5H3/t16-/m0/s1. The van der Waals surface area contributed by atoms with Crippen molar-refractivity contribution in [2.45, 2.75) is 46.1 Å². The zero-order valence-electron chi connectivity index (χ0n) is 15.7. The Bertz CT molecular complexity index is 515. The first-order valence-electron chi connectivity index (χ1n) is 8.71. The summed E-state index contributed by atoms with van der Waals surface area (Å²) in [5.41, 5.74) is 6.91. The van der Waals surface area contributed by atoms with Gasteiger partial charge in [0.25, 0.3) is 0 Å². The molecule has 0 aliphatic rings. The number of carbonyl (C=O) groups excluding carboxylic acids is 1. The van der Waals surface area contributed by atoms with Gasteiger partial charge in [-0.2, -0.15) is 0 Å². The van der Waals surface area contributed by atoms with Crippen LogP contribution in [0.25, 0.3) is 0 Å². The topological polar surface area (TPSA) is 64.8 Å². The lowest BCUT2D eigenvalue weighted by molar-refractivity contribution is 0.0379. The number of nitrogens with zero attached hydrogens (tertiary/aromatic N) is 1. The predicted molar refractivity (Wildman–Crippen MR) is 98.5 cm³/mol. The monoisotopic (exact) mass is 336 g/mol. The number of nitrogens with two attached hydrogens (primary N) is 1. The molecule has 1 atom stereocenters. The summed E-state index contributed by atoms with van der Waals surface area (Å²) in [5.74, 6) is 0.751. The van der Waals surface area contributed by atoms with Gasteiger partial charge < -0.3 is 20.1 Å². The van der Waals surface area contributed by atoms with E-state index in [9.17, 15) is 4.79 Å². The molecule has 0 unspecified atom stereocenters. The molecule has 5 nitrogen and oxygen atoms in total. The molecule has 136 valence electrons. The summed E-state index contributed by atoms with van der Waals surface area (Å²) in [4.78, 5) is 14.4. The fourth-order valence-electron chi connectivity index (χ4n) is 2.34. The smallest absolute Gasteiger partial charge is 0.338 e. The van der Waals surface area contributed by atoms with Gasteiger partial charge in [-0.3, -0.25) is 0 Å². The minimum atomic E-state index is -0.342. The maximum atomic E-state index is 12.3. The lowest BCUT2D eigenvalue weighted by Gasteiger charge is -2.25. The van der Waals surface area contributed by atoms with Crippen LogP contribution in [-0.2, 0) is 4.74 Å². The molecule has 0 radical (unpaired) electrons. The van der Waals surface area contributed by atoms with Crippen molar-refractivity contribution in [3.05, 3.63) is 23.8 Å². The number of ether oxygens (including phenoxy) is 2. The number of unbranched alkanes of at least 4 members (excludes halogenated alkanes) is 1. The molecule has 0 aliphatic heterocycles. The molecule has 0 saturated carbocycles. The quantitative estimate of drug-likeness (QED) is 0.402. The first kappa shape index (κ1) is 20.3. The van der Waals surface area contributed by atoms with Gasteiger partial charge in [0.1, 0.15) is 12.4 Å². The number of benzene rings is 1. The van der Waals surface area contributed by atoms with Crippen LogP contribution in [0.4, 0.5) is 5.69 Å². The Labute approximate surface area is 146 Å². The van der Waals surface area contributed by atoms with E-state index in [4.69, 9.17) is 15.2 Å². The van der Waals surface area contributed by atoms with Crippen LogP contribution in [0.3, 0.4) is 0 Å². The van der Waals surface area contributed by atoms with Gasteiger partial charge in [-0.25, -0.2) is 4.79 Å². The van der Waals surface area contributed by atoms with Crippen LogP contribution in [0.15, 0.2) is 18.2 Å². The van der Waals surface area contributed by atoms with Gasteiger partial charge in [0.2, 0.25) is 0 Å². The van der Waals surface area contributed by atoms with Crippen molar-refractivity contribution >= 4 is 11.7 Å². The van der Waals surface area contributed by atoms with Gasteiger partial charge in [0, 0.05) is 6.04 Å². The van der Waals surface area contributed by atoms with Crippen molar-refractivity contribution in [2.75, 3.05) is 33.0 Å². The van der Waals surface area contributed by atoms with E-state index in [0.717, 1.165) is 19.3 Å². The van der Waals surface area contributed by atoms with E-state index in [1.165, 1.54) is 0 Å². The van der Waals surface area contributed by atoms with E-state index in [1.54, 1.807) is 18.2 Å². The van der Waals surface area contributed by atoms with E-state index in [-0.39, 0.29) is 12.0 Å². The van der Waals surface area contributed by atoms with Crippen molar-refractivity contribution < 1.29 is 14.3 Å². The van der Waals surface area contributed by atoms with Crippen molar-refractivity contribution in [1.82, 2.24) is 4.90 Å². The Morgan fingerprint density at radius 1 is 1.29 bits per heavy atom. The van der Waals surface area contributed by atoms with Crippen LogP contribution in [0, 0.1) is 5.92 Å². The zero-order valence-corrected chi connectivity index (χ0v) is 15.7. The number of hydrogen-bond donors (Lipinski definition) is 1. The first-order chi connectivity index (χ1) is 11.3. The van der Waals surface area contributed by atoms with Crippen molar-refractivity contribution in [3.8, 4) is 5.75 Å². The van der Waals surface area contributed by atoms with Crippen LogP contribution in [0.5, 0.6) is 5.75 Å². The van der Waals surface area contributed by atoms with Crippen LogP contribution in [0.1, 0.15) is 50.4 Å². The fourth-order valence-corrected chi connectivity index (χ4v) is 2.34. The molecule has 1 aromatic carbocycles. The molecule has 0 aliphatic carbocycles. The van der Waals surface area contributed by atoms with Crippen LogP contribution in [0.2, 0.25) is 0 Å². The Kier molecular flexibility index (Phi) is 8.61. The van der Waals surface area contributed by atoms with Gasteiger partial charge in [-0.1, -0.05) is 27.2 Å². The number of hydrogen-bond acceptors (Lipinski definition) is 5. The molecule has 0 saturated heterocycles. The zero-order chi connectivity index (χ0) is 18.1. The summed E-state index contributed by atoms with van der Waals surface area (Å²) in [7, 11) is 4.01. The second kappa shape index (κ2) is 10.2. The second-order valence-corrected chi connectivity index (χ2v) is 6.80. The van der Waals surface area contributed by atoms with Crippen LogP contribution >= 0.6 is 0 Å². The normalized spacial score (nSPS) is 12.5. The van der Waals surface area contributed by atoms with E-state index in [1.807, 2.05) is 14.1 Å². The molecule has 24 heavy (non-hydrogen) atoms. The van der Waals surface area contributed by atoms with Gasteiger partial charge >= 0.3 is 5.97 Å². The molecule has 2 N–H and O–H groups in total. The number of carbonyl (C=O) groups is 1. The number of rotatable bonds is 10. The maximum Gasteiger partial charge on any atom is 0.338 e. The highest BCUT2D eigenvalue weighted by Crippen LogP contribution is 2.23. The summed E-state index contributed by atoms with van der Waals surface area (Å²) in [5, 5.41) is 0. The summed E-state index contributed by atoms with van der Waals surface area (Å²) in [6, 6.07) is 5.25. The highest BCUT2D eigenvalue weighted by Gasteiger charge is 2.17. The minimum Gasteiger partial charge on any atom is -0.491 e. The fraction of sp³-hybridized carbons (Fsp3) is 0.632. The Morgan fingerprint density at radius 3 is 2.58 bits per heavy atom. The van der Waals surface area contributed by atoms with Crippen molar-refractivity contribution in [3.63, 3.8) is 0 Å². The summed E-state index contributed by atoms with van der Waals surface area (Å²) < 4.78 is 11.1. The third-order valence-electron chi connectivity index (χ3n) is 3.89. The Morgan fingerprint density at radius 2 is 2.00 bits per heavy atom. The number of nitrogen functional groups attached to an aromatic ring is 1. The molecule has 5 heteroatoms. The van der Waals surface area contributed by atoms with E-state index in [2.05, 4.69) is 25.7 Å². The average Bonchev–Trinajstić information content (AvgIpc) is 2.52. The first-order valence-corrected chi connectivity index (χ1v) is 8.71. The van der Waals surface area contributed by atoms with Gasteiger partial charge in [0.15, 0.2) is 0 Å². The van der Waals surface area contributed by atoms with Gasteiger partial charge in [-0.05, 0) is 51.1 Å². The van der Waals surface area contributed by atoms with E-state index in [0.29, 0.717) is 36.1 Å². The van der Waals surface area contributed by atoms with Crippen molar-refractivity contribution in [1.29, 1.82) is 0 Å². The minimum absolute atomic E-state index is 0.211. The molecule has 0 bridgehead atoms. The average molecular weight is 336 g/mol. The predicted octanol–water partition coefficient (Wildman–Crippen LogP) is 3.58. The molecule has 0 heterocycles. The van der Waals surface area contributed by atoms with E-state index >= 15 is 0 Å². The van der Waals surface area contributed by atoms with Crippen LogP contribution in [-0.4, -0.2) is 44.2 Å². The second-order valence-electron chi connectivity index (χ2n) is 6.80. The number of likely N-dealkylation sites (N-methyl/N-ethyl adjacent to an activating group) is 1. The SMILES string of the molecule is CCCCOc1cc(C(=O)OC[C@H](CC(C)C)N(C)C)ccc1N. The molecule has 0 fully saturated rings. The van der Waals surface area contributed by atoms with Crippen LogP contribution < -0.4 is 10.5 Å². The summed E-state index contributed by atoms with van der Waals surface area (Å²) in [6.45, 7) is 7.39. The molecular weight excluding hydrogens is 304 g/mol. The Balaban J connectivity index is 2.68. The lowest BCUT2D eigenvalue weighted by Crippen LogP contribution is -2.34. The highest BCUT2D eigenvalue weighted by molar-refractivity contribution is 5.90. The van der Waals surface area contributed by atoms with Gasteiger partial charge in [-0.15, -0.1) is 0 Å². The Hall–Kier alpha value is -1.75. The molecule has 0 aromatic heterocycles. The molecule has 1 rings (SSSR count). The molecule has 1 aromatic rings. The maximum absolute atomic E-state index is 12.3. The molecule has 0 spiro atoms. The lowest BCUT2D eigenvalue weighted by atomic mass is 10.0. The molecule has 0 amide bonds. The van der Waals surface area contributed by atoms with Gasteiger partial charge in [0.05, 0.1) is 17.9 Å². The number of esters is 1. The largest absolute Gasteiger partial charge is 0.491 e. The third kappa shape index (κ3) is 6.79. The highest BCUT2D eigenvalue weighted by atomic mass is 16.5.